The summed E-state index contributed by atoms with van der Waals surface area (Å²) < 4.78 is 37.1. The molecule has 0 heterocycles. The first-order valence-electron chi connectivity index (χ1n) is 5.58. The number of rotatable bonds is 6. The van der Waals surface area contributed by atoms with E-state index in [1.165, 1.54) is 12.8 Å². The van der Waals surface area contributed by atoms with Crippen LogP contribution in [0.2, 0.25) is 0 Å². The van der Waals surface area contributed by atoms with Crippen LogP contribution in [0, 0.1) is 5.92 Å². The molecular weight excluding hydrogens is 202 g/mol. The second-order valence-corrected chi connectivity index (χ2v) is 4.84. The first kappa shape index (κ1) is 11.1. The highest BCUT2D eigenvalue weighted by Crippen LogP contribution is 2.35. The van der Waals surface area contributed by atoms with Gasteiger partial charge in [-0.2, -0.15) is 0 Å². The number of hydrogen-bond acceptors (Lipinski definition) is 1. The topological polar surface area (TPSA) is 3.24 Å². The molecule has 0 spiro atoms. The van der Waals surface area contributed by atoms with Crippen LogP contribution in [-0.2, 0) is 0 Å². The summed E-state index contributed by atoms with van der Waals surface area (Å²) in [5.74, 6) is 0.652. The molecule has 2 saturated carbocycles. The lowest BCUT2D eigenvalue weighted by Gasteiger charge is -2.27. The summed E-state index contributed by atoms with van der Waals surface area (Å²) in [6, 6.07) is 0.403. The highest BCUT2D eigenvalue weighted by atomic mass is 19.4. The number of nitrogens with zero attached hydrogens (tertiary/aromatic N) is 1. The van der Waals surface area contributed by atoms with Gasteiger partial charge in [-0.05, 0) is 38.1 Å². The predicted molar refractivity (Wildman–Crippen MR) is 55.5 cm³/mol. The van der Waals surface area contributed by atoms with Crippen molar-refractivity contribution in [3.05, 3.63) is 12.1 Å². The van der Waals surface area contributed by atoms with Crippen LogP contribution in [0.4, 0.5) is 12.9 Å². The highest BCUT2D eigenvalue weighted by molar-refractivity contribution is 6.66. The van der Waals surface area contributed by atoms with Crippen LogP contribution in [0.3, 0.4) is 0 Å². The molecule has 2 rings (SSSR count). The summed E-state index contributed by atoms with van der Waals surface area (Å²) in [5, 5.41) is 0. The molecule has 0 unspecified atom stereocenters. The number of halogens is 3. The second kappa shape index (κ2) is 3.85. The summed E-state index contributed by atoms with van der Waals surface area (Å²) >= 11 is 0. The molecule has 0 amide bonds. The summed E-state index contributed by atoms with van der Waals surface area (Å²) in [7, 11) is 0. The van der Waals surface area contributed by atoms with Crippen molar-refractivity contribution < 1.29 is 12.9 Å². The third-order valence-corrected chi connectivity index (χ3v) is 3.12. The van der Waals surface area contributed by atoms with Crippen molar-refractivity contribution in [2.45, 2.75) is 31.7 Å². The van der Waals surface area contributed by atoms with Crippen molar-refractivity contribution in [3.8, 4) is 0 Å². The van der Waals surface area contributed by atoms with Gasteiger partial charge in [-0.15, -0.1) is 12.1 Å². The van der Waals surface area contributed by atoms with Gasteiger partial charge in [0.2, 0.25) is 0 Å². The molecule has 0 bridgehead atoms. The van der Waals surface area contributed by atoms with E-state index in [0.29, 0.717) is 12.0 Å². The van der Waals surface area contributed by atoms with Crippen molar-refractivity contribution in [2.24, 2.45) is 5.92 Å². The monoisotopic (exact) mass is 218 g/mol. The normalized spacial score (nSPS) is 22.1. The second-order valence-electron chi connectivity index (χ2n) is 4.84. The minimum atomic E-state index is -4.85. The molecule has 0 radical (unpaired) electrons. The van der Waals surface area contributed by atoms with Crippen molar-refractivity contribution in [1.82, 2.24) is 4.90 Å². The molecule has 0 aromatic rings. The van der Waals surface area contributed by atoms with Crippen LogP contribution in [0.1, 0.15) is 25.7 Å². The molecule has 0 aromatic carbocycles. The van der Waals surface area contributed by atoms with Gasteiger partial charge in [0.05, 0.1) is 0 Å². The Morgan fingerprint density at radius 1 is 1.20 bits per heavy atom. The number of hydrogen-bond donors (Lipinski definition) is 0. The lowest BCUT2D eigenvalue weighted by Crippen LogP contribution is -2.35. The maximum Gasteiger partial charge on any atom is 0.506 e. The Bertz CT molecular complexity index is 256. The molecule has 2 fully saturated rings. The predicted octanol–water partition coefficient (Wildman–Crippen LogP) is 2.80. The van der Waals surface area contributed by atoms with Gasteiger partial charge in [-0.1, -0.05) is 0 Å². The molecule has 0 aliphatic heterocycles. The van der Waals surface area contributed by atoms with E-state index in [0.717, 1.165) is 19.4 Å². The smallest absolute Gasteiger partial charge is 0.445 e. The standard InChI is InChI=1S/C10H16BF3N/c1-8(11(12,13)14)6-15(10-4-5-10)7-9-2-3-9/h9-10H,1-7H2/q-1. The Balaban J connectivity index is 1.85. The quantitative estimate of drug-likeness (QED) is 0.619. The zero-order valence-corrected chi connectivity index (χ0v) is 8.76. The van der Waals surface area contributed by atoms with Gasteiger partial charge in [0, 0.05) is 12.6 Å². The molecule has 1 nitrogen and oxygen atoms in total. The van der Waals surface area contributed by atoms with Crippen LogP contribution >= 0.6 is 0 Å². The zero-order valence-electron chi connectivity index (χ0n) is 8.76. The molecule has 0 aromatic heterocycles. The minimum Gasteiger partial charge on any atom is -0.445 e. The molecule has 0 saturated heterocycles. The third kappa shape index (κ3) is 3.26. The highest BCUT2D eigenvalue weighted by Gasteiger charge is 2.36. The zero-order chi connectivity index (χ0) is 11.1. The van der Waals surface area contributed by atoms with Gasteiger partial charge in [0.25, 0.3) is 0 Å². The Morgan fingerprint density at radius 3 is 2.20 bits per heavy atom. The van der Waals surface area contributed by atoms with E-state index in [1.54, 1.807) is 0 Å². The molecule has 15 heavy (non-hydrogen) atoms. The van der Waals surface area contributed by atoms with Crippen LogP contribution in [-0.4, -0.2) is 31.0 Å². The Kier molecular flexibility index (Phi) is 2.84. The maximum atomic E-state index is 12.4. The van der Waals surface area contributed by atoms with Crippen molar-refractivity contribution in [3.63, 3.8) is 0 Å². The summed E-state index contributed by atoms with van der Waals surface area (Å²) in [6.07, 6.45) is 4.50. The van der Waals surface area contributed by atoms with Gasteiger partial charge >= 0.3 is 6.98 Å². The summed E-state index contributed by atoms with van der Waals surface area (Å²) in [5.41, 5.74) is -0.539. The van der Waals surface area contributed by atoms with Crippen molar-refractivity contribution in [2.75, 3.05) is 13.1 Å². The van der Waals surface area contributed by atoms with Crippen LogP contribution in [0.15, 0.2) is 12.1 Å². The van der Waals surface area contributed by atoms with E-state index in [-0.39, 0.29) is 6.54 Å². The first-order valence-corrected chi connectivity index (χ1v) is 5.58. The molecule has 2 aliphatic rings. The summed E-state index contributed by atoms with van der Waals surface area (Å²) in [6.45, 7) is -0.807. The minimum absolute atomic E-state index is 0.0324. The fourth-order valence-corrected chi connectivity index (χ4v) is 1.78. The average Bonchev–Trinajstić information content (AvgIpc) is 2.97. The largest absolute Gasteiger partial charge is 0.506 e. The molecule has 0 N–H and O–H groups in total. The van der Waals surface area contributed by atoms with Gasteiger partial charge in [-0.25, -0.2) is 0 Å². The van der Waals surface area contributed by atoms with Gasteiger partial charge < -0.3 is 12.9 Å². The average molecular weight is 218 g/mol. The Morgan fingerprint density at radius 2 is 1.80 bits per heavy atom. The lowest BCUT2D eigenvalue weighted by atomic mass is 9.80. The van der Waals surface area contributed by atoms with Gasteiger partial charge in [0.1, 0.15) is 0 Å². The van der Waals surface area contributed by atoms with Gasteiger partial charge in [-0.3, -0.25) is 4.90 Å². The van der Waals surface area contributed by atoms with E-state index in [2.05, 4.69) is 6.58 Å². The van der Waals surface area contributed by atoms with E-state index >= 15 is 0 Å². The third-order valence-electron chi connectivity index (χ3n) is 3.12. The van der Waals surface area contributed by atoms with E-state index in [1.807, 2.05) is 4.90 Å². The van der Waals surface area contributed by atoms with Crippen LogP contribution in [0.25, 0.3) is 0 Å². The fraction of sp³-hybridized carbons (Fsp3) is 0.800. The van der Waals surface area contributed by atoms with Gasteiger partial charge in [0.15, 0.2) is 0 Å². The summed E-state index contributed by atoms with van der Waals surface area (Å²) in [4.78, 5) is 1.98. The van der Waals surface area contributed by atoms with E-state index < -0.39 is 12.4 Å². The van der Waals surface area contributed by atoms with Crippen molar-refractivity contribution in [1.29, 1.82) is 0 Å². The van der Waals surface area contributed by atoms with E-state index in [4.69, 9.17) is 0 Å². The lowest BCUT2D eigenvalue weighted by molar-refractivity contribution is 0.273. The fourth-order valence-electron chi connectivity index (χ4n) is 1.78. The SMILES string of the molecule is C=C(CN(CC1CC1)C1CC1)[B-](F)(F)F. The molecular formula is C10H16BF3N-. The van der Waals surface area contributed by atoms with E-state index in [9.17, 15) is 12.9 Å². The maximum absolute atomic E-state index is 12.4. The molecule has 0 atom stereocenters. The molecule has 5 heteroatoms. The first-order chi connectivity index (χ1) is 6.97. The molecule has 86 valence electrons. The Hall–Kier alpha value is -0.445. The Labute approximate surface area is 88.4 Å². The van der Waals surface area contributed by atoms with Crippen LogP contribution in [0.5, 0.6) is 0 Å². The van der Waals surface area contributed by atoms with Crippen LogP contribution < -0.4 is 0 Å². The molecule has 2 aliphatic carbocycles. The van der Waals surface area contributed by atoms with Crippen molar-refractivity contribution >= 4 is 6.98 Å².